The molecular formula is C17H15ClF2N2O2S. The predicted octanol–water partition coefficient (Wildman–Crippen LogP) is 4.41. The Morgan fingerprint density at radius 1 is 1.04 bits per heavy atom. The molecule has 0 saturated carbocycles. The maximum atomic E-state index is 12.3. The van der Waals surface area contributed by atoms with Gasteiger partial charge < -0.3 is 10.6 Å². The van der Waals surface area contributed by atoms with Gasteiger partial charge in [-0.15, -0.1) is 0 Å². The lowest BCUT2D eigenvalue weighted by Crippen LogP contribution is -2.41. The fourth-order valence-corrected chi connectivity index (χ4v) is 2.54. The third-order valence-electron chi connectivity index (χ3n) is 3.19. The Labute approximate surface area is 152 Å². The lowest BCUT2D eigenvalue weighted by Gasteiger charge is -2.14. The summed E-state index contributed by atoms with van der Waals surface area (Å²) in [6.45, 7) is 1.55. The van der Waals surface area contributed by atoms with Gasteiger partial charge in [-0.25, -0.2) is 0 Å². The third-order valence-corrected chi connectivity index (χ3v) is 4.17. The van der Waals surface area contributed by atoms with E-state index in [1.54, 1.807) is 31.2 Å². The molecule has 2 N–H and O–H groups in total. The van der Waals surface area contributed by atoms with Crippen LogP contribution in [0.4, 0.5) is 14.5 Å². The first kappa shape index (κ1) is 19.2. The van der Waals surface area contributed by atoms with Gasteiger partial charge in [-0.2, -0.15) is 8.78 Å². The topological polar surface area (TPSA) is 58.2 Å². The standard InChI is InChI=1S/C17H15ClF2N2O2S/c1-10(21-16(24)11-2-4-12(18)5-3-11)15(23)22-13-6-8-14(9-7-13)25-17(19)20/h2-10,17H,1H3,(H,21,24)(H,22,23). The molecule has 8 heteroatoms. The van der Waals surface area contributed by atoms with E-state index in [1.165, 1.54) is 24.3 Å². The number of anilines is 1. The van der Waals surface area contributed by atoms with Gasteiger partial charge in [0.05, 0.1) is 0 Å². The summed E-state index contributed by atoms with van der Waals surface area (Å²) in [5.41, 5.74) is 0.841. The molecular weight excluding hydrogens is 370 g/mol. The van der Waals surface area contributed by atoms with E-state index >= 15 is 0 Å². The molecule has 4 nitrogen and oxygen atoms in total. The Balaban J connectivity index is 1.91. The maximum Gasteiger partial charge on any atom is 0.288 e. The molecule has 0 radical (unpaired) electrons. The molecule has 0 aliphatic rings. The summed E-state index contributed by atoms with van der Waals surface area (Å²) in [6.07, 6.45) is 0. The highest BCUT2D eigenvalue weighted by Crippen LogP contribution is 2.26. The van der Waals surface area contributed by atoms with E-state index in [0.717, 1.165) is 0 Å². The van der Waals surface area contributed by atoms with E-state index in [2.05, 4.69) is 10.6 Å². The van der Waals surface area contributed by atoms with Crippen LogP contribution >= 0.6 is 23.4 Å². The van der Waals surface area contributed by atoms with Gasteiger partial charge in [-0.05, 0) is 55.5 Å². The summed E-state index contributed by atoms with van der Waals surface area (Å²) in [6, 6.07) is 11.5. The van der Waals surface area contributed by atoms with Gasteiger partial charge in [-0.1, -0.05) is 23.4 Å². The van der Waals surface area contributed by atoms with Crippen LogP contribution in [0, 0.1) is 0 Å². The quantitative estimate of drug-likeness (QED) is 0.725. The Bertz CT molecular complexity index is 739. The molecule has 0 bridgehead atoms. The van der Waals surface area contributed by atoms with Gasteiger partial charge in [-0.3, -0.25) is 9.59 Å². The van der Waals surface area contributed by atoms with Crippen LogP contribution in [0.3, 0.4) is 0 Å². The van der Waals surface area contributed by atoms with Crippen molar-refractivity contribution in [2.45, 2.75) is 23.6 Å². The fraction of sp³-hybridized carbons (Fsp3) is 0.176. The zero-order chi connectivity index (χ0) is 18.4. The largest absolute Gasteiger partial charge is 0.341 e. The number of hydrogen-bond donors (Lipinski definition) is 2. The van der Waals surface area contributed by atoms with Crippen molar-refractivity contribution in [3.05, 3.63) is 59.1 Å². The first-order valence-corrected chi connectivity index (χ1v) is 8.53. The number of amides is 2. The summed E-state index contributed by atoms with van der Waals surface area (Å²) in [7, 11) is 0. The smallest absolute Gasteiger partial charge is 0.288 e. The van der Waals surface area contributed by atoms with E-state index in [-0.39, 0.29) is 0 Å². The average molecular weight is 385 g/mol. The molecule has 0 spiro atoms. The highest BCUT2D eigenvalue weighted by Gasteiger charge is 2.17. The van der Waals surface area contributed by atoms with Crippen molar-refractivity contribution in [3.8, 4) is 0 Å². The van der Waals surface area contributed by atoms with Crippen molar-refractivity contribution in [1.82, 2.24) is 5.32 Å². The lowest BCUT2D eigenvalue weighted by atomic mass is 10.2. The number of carbonyl (C=O) groups excluding carboxylic acids is 2. The Morgan fingerprint density at radius 3 is 2.20 bits per heavy atom. The maximum absolute atomic E-state index is 12.3. The average Bonchev–Trinajstić information content (AvgIpc) is 2.56. The van der Waals surface area contributed by atoms with Crippen molar-refractivity contribution in [2.24, 2.45) is 0 Å². The second-order valence-electron chi connectivity index (χ2n) is 5.09. The molecule has 2 amide bonds. The number of carbonyl (C=O) groups is 2. The minimum absolute atomic E-state index is 0.387. The molecule has 2 aromatic rings. The van der Waals surface area contributed by atoms with Gasteiger partial charge in [0.1, 0.15) is 6.04 Å². The normalized spacial score (nSPS) is 11.9. The number of nitrogens with one attached hydrogen (secondary N) is 2. The molecule has 1 unspecified atom stereocenters. The minimum atomic E-state index is -2.50. The molecule has 1 atom stereocenters. The van der Waals surface area contributed by atoms with Crippen LogP contribution < -0.4 is 10.6 Å². The summed E-state index contributed by atoms with van der Waals surface area (Å²) in [5.74, 6) is -3.32. The van der Waals surface area contributed by atoms with E-state index in [1.807, 2.05) is 0 Å². The van der Waals surface area contributed by atoms with E-state index < -0.39 is 23.6 Å². The van der Waals surface area contributed by atoms with Crippen LogP contribution in [-0.2, 0) is 4.79 Å². The zero-order valence-corrected chi connectivity index (χ0v) is 14.7. The highest BCUT2D eigenvalue weighted by molar-refractivity contribution is 7.99. The van der Waals surface area contributed by atoms with Gasteiger partial charge in [0.25, 0.3) is 11.7 Å². The number of benzene rings is 2. The number of alkyl halides is 2. The summed E-state index contributed by atoms with van der Waals surface area (Å²) in [4.78, 5) is 24.6. The predicted molar refractivity (Wildman–Crippen MR) is 95.3 cm³/mol. The second-order valence-corrected chi connectivity index (χ2v) is 6.59. The molecule has 132 valence electrons. The third kappa shape index (κ3) is 6.03. The lowest BCUT2D eigenvalue weighted by molar-refractivity contribution is -0.117. The van der Waals surface area contributed by atoms with Gasteiger partial charge in [0, 0.05) is 21.2 Å². The van der Waals surface area contributed by atoms with Gasteiger partial charge in [0.2, 0.25) is 5.91 Å². The molecule has 2 rings (SSSR count). The van der Waals surface area contributed by atoms with Gasteiger partial charge >= 0.3 is 0 Å². The van der Waals surface area contributed by atoms with E-state index in [9.17, 15) is 18.4 Å². The SMILES string of the molecule is CC(NC(=O)c1ccc(Cl)cc1)C(=O)Nc1ccc(SC(F)F)cc1. The highest BCUT2D eigenvalue weighted by atomic mass is 35.5. The molecule has 0 aliphatic carbocycles. The molecule has 0 aromatic heterocycles. The number of rotatable bonds is 6. The zero-order valence-electron chi connectivity index (χ0n) is 13.1. The van der Waals surface area contributed by atoms with Crippen molar-refractivity contribution in [1.29, 1.82) is 0 Å². The Morgan fingerprint density at radius 2 is 1.64 bits per heavy atom. The monoisotopic (exact) mass is 384 g/mol. The van der Waals surface area contributed by atoms with Gasteiger partial charge in [0.15, 0.2) is 0 Å². The summed E-state index contributed by atoms with van der Waals surface area (Å²) >= 11 is 6.19. The summed E-state index contributed by atoms with van der Waals surface area (Å²) < 4.78 is 24.5. The number of halogens is 3. The molecule has 0 heterocycles. The van der Waals surface area contributed by atoms with Crippen molar-refractivity contribution in [3.63, 3.8) is 0 Å². The molecule has 0 fully saturated rings. The molecule has 0 aliphatic heterocycles. The second kappa shape index (κ2) is 8.82. The van der Waals surface area contributed by atoms with E-state index in [0.29, 0.717) is 32.9 Å². The van der Waals surface area contributed by atoms with Crippen LogP contribution in [0.2, 0.25) is 5.02 Å². The van der Waals surface area contributed by atoms with E-state index in [4.69, 9.17) is 11.6 Å². The van der Waals surface area contributed by atoms with Crippen molar-refractivity contribution < 1.29 is 18.4 Å². The minimum Gasteiger partial charge on any atom is -0.341 e. The Kier molecular flexibility index (Phi) is 6.78. The van der Waals surface area contributed by atoms with Crippen molar-refractivity contribution in [2.75, 3.05) is 5.32 Å². The first-order valence-electron chi connectivity index (χ1n) is 7.27. The first-order chi connectivity index (χ1) is 11.8. The molecule has 2 aromatic carbocycles. The summed E-state index contributed by atoms with van der Waals surface area (Å²) in [5, 5.41) is 5.70. The van der Waals surface area contributed by atoms with Crippen LogP contribution in [-0.4, -0.2) is 23.6 Å². The molecule has 25 heavy (non-hydrogen) atoms. The van der Waals surface area contributed by atoms with Crippen molar-refractivity contribution >= 4 is 40.9 Å². The Hall–Kier alpha value is -2.12. The fourth-order valence-electron chi connectivity index (χ4n) is 1.92. The van der Waals surface area contributed by atoms with Crippen LogP contribution in [0.1, 0.15) is 17.3 Å². The van der Waals surface area contributed by atoms with Crippen LogP contribution in [0.5, 0.6) is 0 Å². The van der Waals surface area contributed by atoms with Crippen LogP contribution in [0.25, 0.3) is 0 Å². The number of thioether (sulfide) groups is 1. The van der Waals surface area contributed by atoms with Crippen LogP contribution in [0.15, 0.2) is 53.4 Å². The number of hydrogen-bond acceptors (Lipinski definition) is 3. The molecule has 0 saturated heterocycles.